The first-order valence-corrected chi connectivity index (χ1v) is 7.25. The minimum absolute atomic E-state index is 0.501. The van der Waals surface area contributed by atoms with Gasteiger partial charge < -0.3 is 5.73 Å². The molecule has 0 aliphatic heterocycles. The first-order valence-electron chi connectivity index (χ1n) is 5.89. The number of anilines is 1. The van der Waals surface area contributed by atoms with Crippen molar-refractivity contribution < 1.29 is 21.7 Å². The number of rotatable bonds is 3. The minimum atomic E-state index is -4.16. The van der Waals surface area contributed by atoms with Crippen LogP contribution in [0.1, 0.15) is 0 Å². The standard InChI is InChI=1S/C9H13N7.CH4O4S/c1-14-4-5-15(2)9(14)13-12-7-6-11-16(3)8(7)10;1-5-6(2,3)4/h4-6,10H,1-3H3;1H3,(H,2,3,4)/p+1. The molecule has 0 bridgehead atoms. The first kappa shape index (κ1) is 17.7. The molecule has 0 unspecified atom stereocenters. The molecule has 0 saturated carbocycles. The zero-order valence-electron chi connectivity index (χ0n) is 12.6. The van der Waals surface area contributed by atoms with Crippen LogP contribution in [0.15, 0.2) is 28.8 Å². The molecule has 0 aliphatic carbocycles. The third kappa shape index (κ3) is 4.91. The van der Waals surface area contributed by atoms with Gasteiger partial charge in [-0.1, -0.05) is 5.11 Å². The van der Waals surface area contributed by atoms with Crippen LogP contribution < -0.4 is 10.3 Å². The maximum Gasteiger partial charge on any atom is 0.421 e. The summed E-state index contributed by atoms with van der Waals surface area (Å²) in [6, 6.07) is 0. The van der Waals surface area contributed by atoms with Crippen molar-refractivity contribution in [2.24, 2.45) is 31.4 Å². The summed E-state index contributed by atoms with van der Waals surface area (Å²) in [5, 5.41) is 12.2. The molecule has 22 heavy (non-hydrogen) atoms. The molecule has 2 heterocycles. The monoisotopic (exact) mass is 332 g/mol. The number of azo groups is 1. The first-order chi connectivity index (χ1) is 10.2. The molecular formula is C10H18N7O4S+. The van der Waals surface area contributed by atoms with Crippen LogP contribution in [0.2, 0.25) is 0 Å². The number of hydrogen-bond acceptors (Lipinski definition) is 7. The third-order valence-electron chi connectivity index (χ3n) is 2.57. The number of imidazole rings is 1. The Bertz CT molecular complexity index is 743. The van der Waals surface area contributed by atoms with Gasteiger partial charge in [-0.2, -0.15) is 13.5 Å². The Morgan fingerprint density at radius 3 is 2.36 bits per heavy atom. The molecule has 2 aromatic rings. The lowest BCUT2D eigenvalue weighted by molar-refractivity contribution is -0.657. The van der Waals surface area contributed by atoms with E-state index in [1.54, 1.807) is 17.9 Å². The molecule has 0 radical (unpaired) electrons. The molecule has 0 aliphatic rings. The van der Waals surface area contributed by atoms with Crippen molar-refractivity contribution in [3.8, 4) is 0 Å². The Morgan fingerprint density at radius 2 is 2.00 bits per heavy atom. The number of hydrogen-bond donors (Lipinski definition) is 2. The van der Waals surface area contributed by atoms with E-state index in [-0.39, 0.29) is 0 Å². The normalized spacial score (nSPS) is 11.5. The van der Waals surface area contributed by atoms with Gasteiger partial charge in [0.1, 0.15) is 0 Å². The van der Waals surface area contributed by atoms with Gasteiger partial charge in [0.25, 0.3) is 0 Å². The van der Waals surface area contributed by atoms with Crippen molar-refractivity contribution in [1.29, 1.82) is 0 Å². The van der Waals surface area contributed by atoms with Gasteiger partial charge in [-0.3, -0.25) is 13.4 Å². The van der Waals surface area contributed by atoms with E-state index >= 15 is 0 Å². The van der Waals surface area contributed by atoms with Gasteiger partial charge in [0.2, 0.25) is 0 Å². The number of aryl methyl sites for hydroxylation is 3. The molecule has 2 rings (SSSR count). The van der Waals surface area contributed by atoms with E-state index in [0.29, 0.717) is 11.5 Å². The highest BCUT2D eigenvalue weighted by atomic mass is 32.3. The quantitative estimate of drug-likeness (QED) is 0.461. The lowest BCUT2D eigenvalue weighted by Gasteiger charge is -1.91. The Labute approximate surface area is 127 Å². The van der Waals surface area contributed by atoms with Crippen LogP contribution in [-0.2, 0) is 35.7 Å². The second-order valence-electron chi connectivity index (χ2n) is 4.15. The van der Waals surface area contributed by atoms with E-state index in [1.165, 1.54) is 0 Å². The van der Waals surface area contributed by atoms with Gasteiger partial charge in [-0.05, 0) is 0 Å². The molecule has 11 nitrogen and oxygen atoms in total. The van der Waals surface area contributed by atoms with E-state index in [0.717, 1.165) is 13.1 Å². The summed E-state index contributed by atoms with van der Waals surface area (Å²) in [6.45, 7) is 0. The van der Waals surface area contributed by atoms with Crippen molar-refractivity contribution in [3.63, 3.8) is 0 Å². The van der Waals surface area contributed by atoms with Crippen LogP contribution in [0.5, 0.6) is 0 Å². The highest BCUT2D eigenvalue weighted by Gasteiger charge is 2.11. The van der Waals surface area contributed by atoms with Crippen molar-refractivity contribution in [2.75, 3.05) is 12.8 Å². The fraction of sp³-hybridized carbons (Fsp3) is 0.400. The van der Waals surface area contributed by atoms with Crippen molar-refractivity contribution in [3.05, 3.63) is 18.6 Å². The van der Waals surface area contributed by atoms with Crippen LogP contribution in [0.4, 0.5) is 17.5 Å². The predicted octanol–water partition coefficient (Wildman–Crippen LogP) is 0.0163. The van der Waals surface area contributed by atoms with Gasteiger partial charge in [0.15, 0.2) is 11.5 Å². The van der Waals surface area contributed by atoms with E-state index in [4.69, 9.17) is 10.3 Å². The van der Waals surface area contributed by atoms with Crippen LogP contribution in [-0.4, -0.2) is 34.4 Å². The van der Waals surface area contributed by atoms with Gasteiger partial charge in [-0.15, -0.1) is 0 Å². The fourth-order valence-corrected chi connectivity index (χ4v) is 1.33. The largest absolute Gasteiger partial charge is 0.421 e. The summed E-state index contributed by atoms with van der Waals surface area (Å²) in [6.07, 6.45) is 5.39. The minimum Gasteiger partial charge on any atom is -0.382 e. The number of nitrogens with zero attached hydrogens (tertiary/aromatic N) is 6. The van der Waals surface area contributed by atoms with Crippen LogP contribution in [0, 0.1) is 0 Å². The molecule has 0 atom stereocenters. The fourth-order valence-electron chi connectivity index (χ4n) is 1.33. The average molecular weight is 332 g/mol. The highest BCUT2D eigenvalue weighted by Crippen LogP contribution is 2.21. The Morgan fingerprint density at radius 1 is 1.41 bits per heavy atom. The zero-order chi connectivity index (χ0) is 16.9. The van der Waals surface area contributed by atoms with Crippen molar-refractivity contribution in [1.82, 2.24) is 14.3 Å². The van der Waals surface area contributed by atoms with Crippen LogP contribution in [0.3, 0.4) is 0 Å². The van der Waals surface area contributed by atoms with E-state index in [1.807, 2.05) is 35.6 Å². The van der Waals surface area contributed by atoms with Gasteiger partial charge >= 0.3 is 16.3 Å². The maximum absolute atomic E-state index is 9.33. The molecule has 0 aromatic carbocycles. The van der Waals surface area contributed by atoms with Crippen molar-refractivity contribution in [2.45, 2.75) is 0 Å². The van der Waals surface area contributed by atoms with E-state index in [9.17, 15) is 8.42 Å². The predicted molar refractivity (Wildman–Crippen MR) is 76.9 cm³/mol. The molecule has 0 fully saturated rings. The Kier molecular flexibility index (Phi) is 5.73. The second kappa shape index (κ2) is 7.11. The molecule has 122 valence electrons. The molecule has 0 saturated heterocycles. The van der Waals surface area contributed by atoms with Crippen LogP contribution >= 0.6 is 0 Å². The summed E-state index contributed by atoms with van der Waals surface area (Å²) in [5.41, 5.74) is 6.32. The molecule has 0 amide bonds. The number of aromatic nitrogens is 4. The van der Waals surface area contributed by atoms with Gasteiger partial charge in [-0.25, -0.2) is 9.13 Å². The molecular weight excluding hydrogens is 314 g/mol. The Balaban J connectivity index is 0.000000346. The van der Waals surface area contributed by atoms with E-state index < -0.39 is 10.4 Å². The highest BCUT2D eigenvalue weighted by molar-refractivity contribution is 7.80. The maximum atomic E-state index is 9.33. The Hall–Kier alpha value is -2.31. The average Bonchev–Trinajstić information content (AvgIpc) is 2.93. The second-order valence-corrected chi connectivity index (χ2v) is 5.34. The lowest BCUT2D eigenvalue weighted by atomic mass is 10.5. The third-order valence-corrected chi connectivity index (χ3v) is 2.99. The smallest absolute Gasteiger partial charge is 0.382 e. The summed E-state index contributed by atoms with van der Waals surface area (Å²) in [7, 11) is 2.28. The zero-order valence-corrected chi connectivity index (χ0v) is 13.4. The van der Waals surface area contributed by atoms with Gasteiger partial charge in [0.05, 0.1) is 39.8 Å². The summed E-state index contributed by atoms with van der Waals surface area (Å²) >= 11 is 0. The number of nitrogens with two attached hydrogens (primary N) is 1. The summed E-state index contributed by atoms with van der Waals surface area (Å²) in [4.78, 5) is 0. The van der Waals surface area contributed by atoms with Crippen LogP contribution in [0.25, 0.3) is 0 Å². The lowest BCUT2D eigenvalue weighted by Crippen LogP contribution is -2.25. The van der Waals surface area contributed by atoms with Gasteiger partial charge in [0, 0.05) is 12.2 Å². The molecule has 2 aromatic heterocycles. The van der Waals surface area contributed by atoms with Crippen molar-refractivity contribution >= 4 is 27.9 Å². The molecule has 12 heteroatoms. The molecule has 0 spiro atoms. The number of nitrogen functional groups attached to an aromatic ring is 1. The van der Waals surface area contributed by atoms with E-state index in [2.05, 4.69) is 19.5 Å². The topological polar surface area (TPSA) is 141 Å². The molecule has 3 N–H and O–H groups in total. The summed E-state index contributed by atoms with van der Waals surface area (Å²) in [5.74, 6) is 1.24. The SMILES string of the molecule is COS(=O)(=O)O.Cn1cc[n+](C)c1N=Nc1cnn(C)c1N. The summed E-state index contributed by atoms with van der Waals surface area (Å²) < 4.78 is 35.0.